The summed E-state index contributed by atoms with van der Waals surface area (Å²) in [7, 11) is 0. The van der Waals surface area contributed by atoms with Crippen molar-refractivity contribution in [3.8, 4) is 5.88 Å². The fourth-order valence-electron chi connectivity index (χ4n) is 2.02. The highest BCUT2D eigenvalue weighted by Gasteiger charge is 2.12. The molecule has 0 N–H and O–H groups in total. The molecule has 1 aromatic carbocycles. The average Bonchev–Trinajstić information content (AvgIpc) is 2.66. The minimum atomic E-state index is -0.479. The first kappa shape index (κ1) is 15.9. The Kier molecular flexibility index (Phi) is 5.29. The van der Waals surface area contributed by atoms with Crippen LogP contribution in [0.4, 0.5) is 0 Å². The van der Waals surface area contributed by atoms with Gasteiger partial charge in [0.15, 0.2) is 12.4 Å². The number of carbonyl (C=O) groups excluding carboxylic acids is 1. The summed E-state index contributed by atoms with van der Waals surface area (Å²) in [6.07, 6.45) is 2.88. The lowest BCUT2D eigenvalue weighted by molar-refractivity contribution is 0.0320. The topological polar surface area (TPSA) is 66.9 Å². The third-order valence-electron chi connectivity index (χ3n) is 3.25. The van der Waals surface area contributed by atoms with E-state index in [0.29, 0.717) is 37.0 Å². The van der Waals surface area contributed by atoms with Crippen LogP contribution in [-0.2, 0) is 20.8 Å². The quantitative estimate of drug-likeness (QED) is 0.760. The second-order valence-corrected chi connectivity index (χ2v) is 5.04. The van der Waals surface area contributed by atoms with Crippen molar-refractivity contribution in [2.24, 2.45) is 0 Å². The maximum Gasteiger partial charge on any atom is 0.340 e. The molecule has 0 fully saturated rings. The lowest BCUT2D eigenvalue weighted by atomic mass is 10.2. The Balaban J connectivity index is 1.50. The fourth-order valence-corrected chi connectivity index (χ4v) is 2.02. The highest BCUT2D eigenvalue weighted by atomic mass is 16.6. The molecule has 0 spiro atoms. The van der Waals surface area contributed by atoms with Crippen molar-refractivity contribution in [3.05, 3.63) is 71.8 Å². The number of ether oxygens (including phenoxy) is 4. The Morgan fingerprint density at radius 2 is 1.96 bits per heavy atom. The van der Waals surface area contributed by atoms with Crippen LogP contribution in [0.3, 0.4) is 0 Å². The summed E-state index contributed by atoms with van der Waals surface area (Å²) in [4.78, 5) is 16.1. The first-order chi connectivity index (χ1) is 11.8. The van der Waals surface area contributed by atoms with E-state index in [1.807, 2.05) is 30.3 Å². The lowest BCUT2D eigenvalue weighted by Gasteiger charge is -2.15. The summed E-state index contributed by atoms with van der Waals surface area (Å²) in [6, 6.07) is 13.0. The molecule has 24 heavy (non-hydrogen) atoms. The summed E-state index contributed by atoms with van der Waals surface area (Å²) in [5.74, 6) is 0.458. The van der Waals surface area contributed by atoms with Gasteiger partial charge < -0.3 is 18.9 Å². The van der Waals surface area contributed by atoms with Crippen molar-refractivity contribution in [1.82, 2.24) is 4.98 Å². The van der Waals surface area contributed by atoms with E-state index >= 15 is 0 Å². The SMILES string of the molecule is O=C(OCC1=COCCO1)c1ccc(OCc2ccccc2)nc1. The van der Waals surface area contributed by atoms with Crippen LogP contribution in [0.2, 0.25) is 0 Å². The van der Waals surface area contributed by atoms with Crippen LogP contribution < -0.4 is 4.74 Å². The van der Waals surface area contributed by atoms with Gasteiger partial charge in [0, 0.05) is 12.3 Å². The first-order valence-corrected chi connectivity index (χ1v) is 7.54. The van der Waals surface area contributed by atoms with Gasteiger partial charge in [-0.25, -0.2) is 9.78 Å². The standard InChI is InChI=1S/C18H17NO5/c20-18(24-13-16-12-21-8-9-22-16)15-6-7-17(19-10-15)23-11-14-4-2-1-3-5-14/h1-7,10,12H,8-9,11,13H2. The zero-order valence-corrected chi connectivity index (χ0v) is 13.0. The van der Waals surface area contributed by atoms with Crippen molar-refractivity contribution < 1.29 is 23.7 Å². The molecule has 1 aliphatic heterocycles. The van der Waals surface area contributed by atoms with Crippen LogP contribution in [-0.4, -0.2) is 30.8 Å². The van der Waals surface area contributed by atoms with Crippen molar-refractivity contribution in [1.29, 1.82) is 0 Å². The van der Waals surface area contributed by atoms with E-state index in [0.717, 1.165) is 5.56 Å². The Morgan fingerprint density at radius 3 is 2.67 bits per heavy atom. The van der Waals surface area contributed by atoms with Crippen molar-refractivity contribution in [2.45, 2.75) is 6.61 Å². The summed E-state index contributed by atoms with van der Waals surface area (Å²) in [5, 5.41) is 0. The number of rotatable bonds is 6. The van der Waals surface area contributed by atoms with E-state index in [9.17, 15) is 4.79 Å². The fraction of sp³-hybridized carbons (Fsp3) is 0.222. The smallest absolute Gasteiger partial charge is 0.340 e. The van der Waals surface area contributed by atoms with E-state index in [4.69, 9.17) is 18.9 Å². The Hall–Kier alpha value is -3.02. The normalized spacial score (nSPS) is 13.2. The predicted molar refractivity (Wildman–Crippen MR) is 85.3 cm³/mol. The minimum absolute atomic E-state index is 0.0328. The number of aromatic nitrogens is 1. The molecule has 0 aliphatic carbocycles. The van der Waals surface area contributed by atoms with Crippen LogP contribution in [0.15, 0.2) is 60.7 Å². The number of carbonyl (C=O) groups is 1. The Morgan fingerprint density at radius 1 is 1.08 bits per heavy atom. The molecule has 6 nitrogen and oxygen atoms in total. The molecular formula is C18H17NO5. The lowest BCUT2D eigenvalue weighted by Crippen LogP contribution is -2.15. The average molecular weight is 327 g/mol. The molecule has 0 amide bonds. The third kappa shape index (κ3) is 4.49. The number of esters is 1. The Labute approximate surface area is 139 Å². The van der Waals surface area contributed by atoms with E-state index < -0.39 is 5.97 Å². The van der Waals surface area contributed by atoms with Gasteiger partial charge in [-0.15, -0.1) is 0 Å². The predicted octanol–water partition coefficient (Wildman–Crippen LogP) is 2.71. The van der Waals surface area contributed by atoms with Gasteiger partial charge in [-0.05, 0) is 11.6 Å². The Bertz CT molecular complexity index is 697. The highest BCUT2D eigenvalue weighted by Crippen LogP contribution is 2.12. The van der Waals surface area contributed by atoms with Crippen LogP contribution >= 0.6 is 0 Å². The van der Waals surface area contributed by atoms with Crippen LogP contribution in [0, 0.1) is 0 Å². The summed E-state index contributed by atoms with van der Waals surface area (Å²) < 4.78 is 21.1. The van der Waals surface area contributed by atoms with Gasteiger partial charge in [0.2, 0.25) is 5.88 Å². The number of pyridine rings is 1. The molecule has 0 atom stereocenters. The largest absolute Gasteiger partial charge is 0.494 e. The van der Waals surface area contributed by atoms with E-state index in [2.05, 4.69) is 4.98 Å². The summed E-state index contributed by atoms with van der Waals surface area (Å²) in [6.45, 7) is 1.42. The van der Waals surface area contributed by atoms with Crippen LogP contribution in [0.1, 0.15) is 15.9 Å². The molecule has 6 heteroatoms. The van der Waals surface area contributed by atoms with Gasteiger partial charge in [0.25, 0.3) is 0 Å². The van der Waals surface area contributed by atoms with E-state index in [1.54, 1.807) is 12.1 Å². The minimum Gasteiger partial charge on any atom is -0.494 e. The molecule has 0 bridgehead atoms. The molecule has 1 aliphatic rings. The van der Waals surface area contributed by atoms with Gasteiger partial charge in [0.05, 0.1) is 5.56 Å². The molecule has 0 unspecified atom stereocenters. The number of nitrogens with zero attached hydrogens (tertiary/aromatic N) is 1. The van der Waals surface area contributed by atoms with Gasteiger partial charge in [0.1, 0.15) is 26.1 Å². The molecule has 2 aromatic rings. The number of hydrogen-bond donors (Lipinski definition) is 0. The third-order valence-corrected chi connectivity index (χ3v) is 3.25. The van der Waals surface area contributed by atoms with Crippen molar-refractivity contribution in [3.63, 3.8) is 0 Å². The molecule has 0 saturated carbocycles. The maximum absolute atomic E-state index is 12.0. The van der Waals surface area contributed by atoms with Gasteiger partial charge in [-0.3, -0.25) is 0 Å². The summed E-state index contributed by atoms with van der Waals surface area (Å²) >= 11 is 0. The first-order valence-electron chi connectivity index (χ1n) is 7.54. The molecular weight excluding hydrogens is 310 g/mol. The molecule has 124 valence electrons. The van der Waals surface area contributed by atoms with Crippen LogP contribution in [0.5, 0.6) is 5.88 Å². The molecule has 0 saturated heterocycles. The molecule has 1 aromatic heterocycles. The molecule has 3 rings (SSSR count). The highest BCUT2D eigenvalue weighted by molar-refractivity contribution is 5.89. The second-order valence-electron chi connectivity index (χ2n) is 5.04. The van der Waals surface area contributed by atoms with Gasteiger partial charge in [-0.2, -0.15) is 0 Å². The second kappa shape index (κ2) is 8.01. The van der Waals surface area contributed by atoms with Gasteiger partial charge in [-0.1, -0.05) is 30.3 Å². The summed E-state index contributed by atoms with van der Waals surface area (Å²) in [5.41, 5.74) is 1.39. The van der Waals surface area contributed by atoms with Crippen molar-refractivity contribution >= 4 is 5.97 Å². The van der Waals surface area contributed by atoms with Crippen LogP contribution in [0.25, 0.3) is 0 Å². The zero-order chi connectivity index (χ0) is 16.6. The monoisotopic (exact) mass is 327 g/mol. The van der Waals surface area contributed by atoms with Gasteiger partial charge >= 0.3 is 5.97 Å². The van der Waals surface area contributed by atoms with E-state index in [1.165, 1.54) is 12.5 Å². The number of benzene rings is 1. The number of hydrogen-bond acceptors (Lipinski definition) is 6. The molecule has 2 heterocycles. The maximum atomic E-state index is 12.0. The van der Waals surface area contributed by atoms with Crippen molar-refractivity contribution in [2.75, 3.05) is 19.8 Å². The zero-order valence-electron chi connectivity index (χ0n) is 13.0. The molecule has 0 radical (unpaired) electrons. The van der Waals surface area contributed by atoms with E-state index in [-0.39, 0.29) is 6.61 Å².